The standard InChI is InChI=1S/C26H27FN2S/c1-17-7-12-23-21(13-17)26(19-5-3-4-6-19)24(14-28-2)29(23)25-16-30-15-22(25)18-8-10-20(27)11-9-18/h7-13,15-16,19,28H,3-6,14H2,1-2H3. The maximum Gasteiger partial charge on any atom is 0.123 e. The van der Waals surface area contributed by atoms with E-state index in [2.05, 4.69) is 45.8 Å². The first-order valence-corrected chi connectivity index (χ1v) is 11.7. The summed E-state index contributed by atoms with van der Waals surface area (Å²) in [7, 11) is 2.03. The average Bonchev–Trinajstić information content (AvgIpc) is 3.47. The van der Waals surface area contributed by atoms with Crippen molar-refractivity contribution in [2.24, 2.45) is 0 Å². The topological polar surface area (TPSA) is 17.0 Å². The Morgan fingerprint density at radius 2 is 1.83 bits per heavy atom. The molecule has 0 amide bonds. The van der Waals surface area contributed by atoms with E-state index in [4.69, 9.17) is 0 Å². The quantitative estimate of drug-likeness (QED) is 0.363. The Labute approximate surface area is 181 Å². The lowest BCUT2D eigenvalue weighted by Crippen LogP contribution is -2.13. The fourth-order valence-corrected chi connectivity index (χ4v) is 5.90. The molecule has 5 rings (SSSR count). The van der Waals surface area contributed by atoms with Gasteiger partial charge in [0.1, 0.15) is 5.82 Å². The number of hydrogen-bond acceptors (Lipinski definition) is 2. The monoisotopic (exact) mass is 418 g/mol. The average molecular weight is 419 g/mol. The van der Waals surface area contributed by atoms with Crippen molar-refractivity contribution >= 4 is 22.2 Å². The lowest BCUT2D eigenvalue weighted by atomic mass is 9.93. The summed E-state index contributed by atoms with van der Waals surface area (Å²) >= 11 is 1.71. The van der Waals surface area contributed by atoms with E-state index in [9.17, 15) is 4.39 Å². The Bertz CT molecular complexity index is 1180. The van der Waals surface area contributed by atoms with Crippen molar-refractivity contribution in [3.05, 3.63) is 75.9 Å². The minimum atomic E-state index is -0.197. The highest BCUT2D eigenvalue weighted by Gasteiger charge is 2.27. The van der Waals surface area contributed by atoms with Crippen LogP contribution in [0.15, 0.2) is 53.2 Å². The van der Waals surface area contributed by atoms with Crippen molar-refractivity contribution in [2.75, 3.05) is 7.05 Å². The van der Waals surface area contributed by atoms with E-state index in [0.717, 1.165) is 17.7 Å². The number of aromatic nitrogens is 1. The van der Waals surface area contributed by atoms with Crippen LogP contribution in [-0.2, 0) is 6.54 Å². The summed E-state index contributed by atoms with van der Waals surface area (Å²) in [6.45, 7) is 3.01. The Morgan fingerprint density at radius 3 is 2.57 bits per heavy atom. The Balaban J connectivity index is 1.79. The van der Waals surface area contributed by atoms with Crippen LogP contribution in [0.25, 0.3) is 27.7 Å². The molecule has 4 aromatic rings. The molecule has 0 unspecified atom stereocenters. The number of hydrogen-bond donors (Lipinski definition) is 1. The third-order valence-corrected chi connectivity index (χ3v) is 7.14. The third-order valence-electron chi connectivity index (χ3n) is 6.41. The molecule has 2 aromatic heterocycles. The van der Waals surface area contributed by atoms with Gasteiger partial charge in [-0.1, -0.05) is 36.6 Å². The van der Waals surface area contributed by atoms with Crippen LogP contribution in [0.2, 0.25) is 0 Å². The predicted octanol–water partition coefficient (Wildman–Crippen LogP) is 7.18. The summed E-state index contributed by atoms with van der Waals surface area (Å²) in [5, 5.41) is 9.23. The molecule has 154 valence electrons. The van der Waals surface area contributed by atoms with Gasteiger partial charge < -0.3 is 9.88 Å². The molecule has 1 fully saturated rings. The highest BCUT2D eigenvalue weighted by Crippen LogP contribution is 2.44. The minimum absolute atomic E-state index is 0.197. The van der Waals surface area contributed by atoms with Crippen molar-refractivity contribution in [1.29, 1.82) is 0 Å². The molecule has 1 saturated carbocycles. The van der Waals surface area contributed by atoms with Crippen molar-refractivity contribution in [1.82, 2.24) is 9.88 Å². The van der Waals surface area contributed by atoms with E-state index in [1.807, 2.05) is 19.2 Å². The van der Waals surface area contributed by atoms with E-state index in [1.165, 1.54) is 59.1 Å². The molecular formula is C26H27FN2S. The molecule has 0 bridgehead atoms. The molecule has 2 nitrogen and oxygen atoms in total. The normalized spacial score (nSPS) is 14.8. The third kappa shape index (κ3) is 3.28. The second-order valence-electron chi connectivity index (χ2n) is 8.41. The fourth-order valence-electron chi connectivity index (χ4n) is 5.08. The number of thiophene rings is 1. The van der Waals surface area contributed by atoms with Crippen LogP contribution in [0.1, 0.15) is 48.4 Å². The number of fused-ring (bicyclic) bond motifs is 1. The molecule has 4 heteroatoms. The summed E-state index contributed by atoms with van der Waals surface area (Å²) in [6.07, 6.45) is 5.19. The fraction of sp³-hybridized carbons (Fsp3) is 0.308. The Kier molecular flexibility index (Phi) is 5.21. The molecule has 0 aliphatic heterocycles. The summed E-state index contributed by atoms with van der Waals surface area (Å²) in [5.41, 5.74) is 8.87. The van der Waals surface area contributed by atoms with Gasteiger partial charge in [-0.3, -0.25) is 0 Å². The van der Waals surface area contributed by atoms with Crippen LogP contribution in [0, 0.1) is 12.7 Å². The van der Waals surface area contributed by atoms with Crippen LogP contribution < -0.4 is 5.32 Å². The summed E-state index contributed by atoms with van der Waals surface area (Å²) < 4.78 is 16.0. The smallest absolute Gasteiger partial charge is 0.123 e. The van der Waals surface area contributed by atoms with Crippen molar-refractivity contribution < 1.29 is 4.39 Å². The largest absolute Gasteiger partial charge is 0.314 e. The van der Waals surface area contributed by atoms with Crippen LogP contribution in [0.5, 0.6) is 0 Å². The van der Waals surface area contributed by atoms with Crippen molar-refractivity contribution in [3.63, 3.8) is 0 Å². The SMILES string of the molecule is CNCc1c(C2CCCC2)c2cc(C)ccc2n1-c1cscc1-c1ccc(F)cc1. The van der Waals surface area contributed by atoms with Gasteiger partial charge in [-0.25, -0.2) is 4.39 Å². The number of halogens is 1. The van der Waals surface area contributed by atoms with Gasteiger partial charge in [0.05, 0.1) is 11.2 Å². The van der Waals surface area contributed by atoms with Gasteiger partial charge in [-0.15, -0.1) is 11.3 Å². The van der Waals surface area contributed by atoms with Crippen molar-refractivity contribution in [3.8, 4) is 16.8 Å². The maximum absolute atomic E-state index is 13.5. The van der Waals surface area contributed by atoms with E-state index >= 15 is 0 Å². The van der Waals surface area contributed by atoms with Crippen LogP contribution >= 0.6 is 11.3 Å². The molecule has 30 heavy (non-hydrogen) atoms. The van der Waals surface area contributed by atoms with Gasteiger partial charge in [0.25, 0.3) is 0 Å². The van der Waals surface area contributed by atoms with E-state index in [1.54, 1.807) is 23.5 Å². The lowest BCUT2D eigenvalue weighted by molar-refractivity contribution is 0.628. The predicted molar refractivity (Wildman–Crippen MR) is 125 cm³/mol. The molecule has 1 aliphatic carbocycles. The van der Waals surface area contributed by atoms with Crippen molar-refractivity contribution in [2.45, 2.75) is 45.1 Å². The molecular weight excluding hydrogens is 391 g/mol. The zero-order chi connectivity index (χ0) is 20.7. The van der Waals surface area contributed by atoms with Gasteiger partial charge in [0, 0.05) is 33.9 Å². The molecule has 0 radical (unpaired) electrons. The molecule has 2 heterocycles. The Morgan fingerprint density at radius 1 is 1.07 bits per heavy atom. The number of aryl methyl sites for hydroxylation is 1. The first kappa shape index (κ1) is 19.5. The number of nitrogens with zero attached hydrogens (tertiary/aromatic N) is 1. The number of nitrogens with one attached hydrogen (secondary N) is 1. The van der Waals surface area contributed by atoms with Gasteiger partial charge in [0.2, 0.25) is 0 Å². The second kappa shape index (κ2) is 8.01. The van der Waals surface area contributed by atoms with Gasteiger partial charge in [0.15, 0.2) is 0 Å². The van der Waals surface area contributed by atoms with E-state index < -0.39 is 0 Å². The minimum Gasteiger partial charge on any atom is -0.314 e. The first-order chi connectivity index (χ1) is 14.7. The van der Waals surface area contributed by atoms with Gasteiger partial charge >= 0.3 is 0 Å². The highest BCUT2D eigenvalue weighted by molar-refractivity contribution is 7.08. The second-order valence-corrected chi connectivity index (χ2v) is 9.15. The maximum atomic E-state index is 13.5. The molecule has 1 N–H and O–H groups in total. The molecule has 1 aliphatic rings. The van der Waals surface area contributed by atoms with Crippen LogP contribution in [-0.4, -0.2) is 11.6 Å². The van der Waals surface area contributed by atoms with Gasteiger partial charge in [-0.2, -0.15) is 0 Å². The first-order valence-electron chi connectivity index (χ1n) is 10.8. The van der Waals surface area contributed by atoms with E-state index in [-0.39, 0.29) is 5.82 Å². The summed E-state index contributed by atoms with van der Waals surface area (Å²) in [5.74, 6) is 0.434. The molecule has 0 spiro atoms. The summed E-state index contributed by atoms with van der Waals surface area (Å²) in [4.78, 5) is 0. The number of rotatable bonds is 5. The Hall–Kier alpha value is -2.43. The highest BCUT2D eigenvalue weighted by atomic mass is 32.1. The summed E-state index contributed by atoms with van der Waals surface area (Å²) in [6, 6.07) is 13.7. The van der Waals surface area contributed by atoms with Crippen LogP contribution in [0.4, 0.5) is 4.39 Å². The van der Waals surface area contributed by atoms with Crippen LogP contribution in [0.3, 0.4) is 0 Å². The lowest BCUT2D eigenvalue weighted by Gasteiger charge is -2.16. The number of benzene rings is 2. The molecule has 0 saturated heterocycles. The van der Waals surface area contributed by atoms with E-state index in [0.29, 0.717) is 5.92 Å². The molecule has 0 atom stereocenters. The molecule has 2 aromatic carbocycles. The van der Waals surface area contributed by atoms with Gasteiger partial charge in [-0.05, 0) is 68.1 Å². The zero-order valence-electron chi connectivity index (χ0n) is 17.5. The zero-order valence-corrected chi connectivity index (χ0v) is 18.4.